The van der Waals surface area contributed by atoms with Crippen LogP contribution in [0, 0.1) is 6.92 Å². The normalized spacial score (nSPS) is 19.5. The van der Waals surface area contributed by atoms with Gasteiger partial charge in [0, 0.05) is 31.7 Å². The minimum Gasteiger partial charge on any atom is -0.503 e. The third kappa shape index (κ3) is 4.40. The van der Waals surface area contributed by atoms with Crippen LogP contribution in [0.15, 0.2) is 59.9 Å². The molecule has 0 aromatic heterocycles. The Hall–Kier alpha value is -3.16. The van der Waals surface area contributed by atoms with Crippen LogP contribution >= 0.6 is 0 Å². The molecule has 1 amide bonds. The third-order valence-corrected chi connectivity index (χ3v) is 6.03. The first-order valence-corrected chi connectivity index (χ1v) is 10.8. The van der Waals surface area contributed by atoms with Crippen LogP contribution in [0.25, 0.3) is 0 Å². The van der Waals surface area contributed by atoms with Crippen LogP contribution in [-0.2, 0) is 9.53 Å². The van der Waals surface area contributed by atoms with Gasteiger partial charge in [-0.25, -0.2) is 0 Å². The number of morpholine rings is 1. The second-order valence-electron chi connectivity index (χ2n) is 8.09. The molecular weight excluding hydrogens is 408 g/mol. The van der Waals surface area contributed by atoms with Crippen molar-refractivity contribution >= 4 is 11.7 Å². The minimum absolute atomic E-state index is 0.106. The van der Waals surface area contributed by atoms with Gasteiger partial charge in [0.25, 0.3) is 5.91 Å². The number of carbonyl (C=O) groups is 2. The maximum atomic E-state index is 13.4. The molecule has 0 bridgehead atoms. The Bertz CT molecular complexity index is 1020. The lowest BCUT2D eigenvalue weighted by molar-refractivity contribution is -0.129. The van der Waals surface area contributed by atoms with E-state index in [1.54, 1.807) is 30.2 Å². The molecule has 1 saturated heterocycles. The van der Waals surface area contributed by atoms with Crippen LogP contribution in [-0.4, -0.2) is 73.1 Å². The summed E-state index contributed by atoms with van der Waals surface area (Å²) in [6.07, 6.45) is 0. The summed E-state index contributed by atoms with van der Waals surface area (Å²) in [6.45, 7) is 5.86. The fourth-order valence-electron chi connectivity index (χ4n) is 4.21. The van der Waals surface area contributed by atoms with Crippen LogP contribution in [0.5, 0.6) is 5.75 Å². The summed E-state index contributed by atoms with van der Waals surface area (Å²) in [4.78, 5) is 30.4. The number of aryl methyl sites for hydroxylation is 1. The predicted molar refractivity (Wildman–Crippen MR) is 120 cm³/mol. The van der Waals surface area contributed by atoms with E-state index in [9.17, 15) is 14.7 Å². The van der Waals surface area contributed by atoms with Crippen LogP contribution in [0.4, 0.5) is 0 Å². The quantitative estimate of drug-likeness (QED) is 0.673. The first-order chi connectivity index (χ1) is 15.5. The highest BCUT2D eigenvalue weighted by Gasteiger charge is 2.43. The van der Waals surface area contributed by atoms with Crippen LogP contribution in [0.3, 0.4) is 0 Å². The Morgan fingerprint density at radius 1 is 1.12 bits per heavy atom. The largest absolute Gasteiger partial charge is 0.503 e. The molecule has 0 radical (unpaired) electrons. The maximum absolute atomic E-state index is 13.4. The van der Waals surface area contributed by atoms with Gasteiger partial charge in [0.15, 0.2) is 11.5 Å². The van der Waals surface area contributed by atoms with E-state index in [1.807, 2.05) is 37.3 Å². The fourth-order valence-corrected chi connectivity index (χ4v) is 4.21. The van der Waals surface area contributed by atoms with Gasteiger partial charge in [-0.1, -0.05) is 42.0 Å². The first kappa shape index (κ1) is 22.0. The number of aliphatic hydroxyl groups is 1. The van der Waals surface area contributed by atoms with Crippen molar-refractivity contribution in [3.63, 3.8) is 0 Å². The molecule has 2 aliphatic heterocycles. The summed E-state index contributed by atoms with van der Waals surface area (Å²) in [5.41, 5.74) is 2.29. The first-order valence-electron chi connectivity index (χ1n) is 10.8. The molecule has 4 rings (SSSR count). The molecule has 1 fully saturated rings. The highest BCUT2D eigenvalue weighted by atomic mass is 16.5. The molecule has 168 valence electrons. The van der Waals surface area contributed by atoms with Gasteiger partial charge >= 0.3 is 0 Å². The molecule has 0 aliphatic carbocycles. The molecule has 1 atom stereocenters. The Kier molecular flexibility index (Phi) is 6.58. The topological polar surface area (TPSA) is 79.3 Å². The molecule has 2 aromatic rings. The van der Waals surface area contributed by atoms with E-state index in [2.05, 4.69) is 4.90 Å². The number of nitrogens with zero attached hydrogens (tertiary/aromatic N) is 2. The van der Waals surface area contributed by atoms with Crippen molar-refractivity contribution in [2.45, 2.75) is 13.0 Å². The smallest absolute Gasteiger partial charge is 0.290 e. The van der Waals surface area contributed by atoms with E-state index in [0.717, 1.165) is 24.2 Å². The zero-order chi connectivity index (χ0) is 22.7. The van der Waals surface area contributed by atoms with Gasteiger partial charge < -0.3 is 19.5 Å². The number of benzene rings is 2. The highest BCUT2D eigenvalue weighted by molar-refractivity contribution is 6.16. The lowest BCUT2D eigenvalue weighted by atomic mass is 9.92. The molecular formula is C25H28N2O5. The highest BCUT2D eigenvalue weighted by Crippen LogP contribution is 2.39. The molecule has 1 unspecified atom stereocenters. The number of ketones is 1. The van der Waals surface area contributed by atoms with Crippen molar-refractivity contribution in [3.05, 3.63) is 76.6 Å². The Labute approximate surface area is 187 Å². The zero-order valence-corrected chi connectivity index (χ0v) is 18.4. The van der Waals surface area contributed by atoms with E-state index in [0.29, 0.717) is 37.6 Å². The maximum Gasteiger partial charge on any atom is 0.290 e. The van der Waals surface area contributed by atoms with Crippen LogP contribution in [0.1, 0.15) is 27.5 Å². The average molecular weight is 437 g/mol. The Morgan fingerprint density at radius 2 is 1.84 bits per heavy atom. The number of ether oxygens (including phenoxy) is 2. The number of Topliss-reactive ketones (excluding diaryl/α,β-unsaturated/α-hetero) is 1. The lowest BCUT2D eigenvalue weighted by Gasteiger charge is -2.31. The molecule has 7 nitrogen and oxygen atoms in total. The van der Waals surface area contributed by atoms with Gasteiger partial charge in [0.2, 0.25) is 0 Å². The van der Waals surface area contributed by atoms with Crippen molar-refractivity contribution in [2.75, 3.05) is 46.5 Å². The molecule has 32 heavy (non-hydrogen) atoms. The second-order valence-corrected chi connectivity index (χ2v) is 8.09. The van der Waals surface area contributed by atoms with Crippen molar-refractivity contribution in [2.24, 2.45) is 0 Å². The Morgan fingerprint density at radius 3 is 2.53 bits per heavy atom. The van der Waals surface area contributed by atoms with Crippen molar-refractivity contribution in [1.29, 1.82) is 0 Å². The molecule has 2 heterocycles. The summed E-state index contributed by atoms with van der Waals surface area (Å²) in [7, 11) is 1.57. The summed E-state index contributed by atoms with van der Waals surface area (Å²) >= 11 is 0. The van der Waals surface area contributed by atoms with E-state index in [-0.39, 0.29) is 11.4 Å². The van der Waals surface area contributed by atoms with Crippen molar-refractivity contribution in [3.8, 4) is 5.75 Å². The molecule has 0 spiro atoms. The number of amides is 1. The van der Waals surface area contributed by atoms with Gasteiger partial charge in [-0.3, -0.25) is 14.5 Å². The number of carbonyl (C=O) groups excluding carboxylic acids is 2. The van der Waals surface area contributed by atoms with E-state index < -0.39 is 17.7 Å². The SMILES string of the molecule is COc1cccc(C2C(C(=O)c3ccc(C)cc3)=C(O)C(=O)N2CCN2CCOCC2)c1. The number of methoxy groups -OCH3 is 1. The van der Waals surface area contributed by atoms with Crippen LogP contribution in [0.2, 0.25) is 0 Å². The average Bonchev–Trinajstić information content (AvgIpc) is 3.08. The molecule has 0 saturated carbocycles. The third-order valence-electron chi connectivity index (χ3n) is 6.03. The number of hydrogen-bond donors (Lipinski definition) is 1. The monoisotopic (exact) mass is 436 g/mol. The summed E-state index contributed by atoms with van der Waals surface area (Å²) in [6, 6.07) is 13.7. The lowest BCUT2D eigenvalue weighted by Crippen LogP contribution is -2.43. The molecule has 7 heteroatoms. The number of aliphatic hydroxyl groups excluding tert-OH is 1. The van der Waals surface area contributed by atoms with Gasteiger partial charge in [-0.05, 0) is 24.6 Å². The van der Waals surface area contributed by atoms with Crippen molar-refractivity contribution in [1.82, 2.24) is 9.80 Å². The second kappa shape index (κ2) is 9.54. The van der Waals surface area contributed by atoms with Gasteiger partial charge in [0.1, 0.15) is 5.75 Å². The molecule has 2 aliphatic rings. The summed E-state index contributed by atoms with van der Waals surface area (Å²) in [5.74, 6) is -0.735. The predicted octanol–water partition coefficient (Wildman–Crippen LogP) is 2.91. The number of rotatable bonds is 7. The van der Waals surface area contributed by atoms with E-state index >= 15 is 0 Å². The van der Waals surface area contributed by atoms with Crippen LogP contribution < -0.4 is 4.74 Å². The summed E-state index contributed by atoms with van der Waals surface area (Å²) < 4.78 is 10.8. The summed E-state index contributed by atoms with van der Waals surface area (Å²) in [5, 5.41) is 10.8. The zero-order valence-electron chi connectivity index (χ0n) is 18.4. The van der Waals surface area contributed by atoms with Gasteiger partial charge in [-0.2, -0.15) is 0 Å². The number of hydrogen-bond acceptors (Lipinski definition) is 6. The molecule has 2 aromatic carbocycles. The van der Waals surface area contributed by atoms with E-state index in [4.69, 9.17) is 9.47 Å². The molecule has 1 N–H and O–H groups in total. The van der Waals surface area contributed by atoms with Gasteiger partial charge in [0.05, 0.1) is 31.9 Å². The van der Waals surface area contributed by atoms with Gasteiger partial charge in [-0.15, -0.1) is 0 Å². The minimum atomic E-state index is -0.688. The van der Waals surface area contributed by atoms with Crippen molar-refractivity contribution < 1.29 is 24.2 Å². The van der Waals surface area contributed by atoms with E-state index in [1.165, 1.54) is 0 Å². The standard InChI is InChI=1S/C25H28N2O5/c1-17-6-8-18(9-7-17)23(28)21-22(19-4-3-5-20(16-19)31-2)27(25(30)24(21)29)11-10-26-12-14-32-15-13-26/h3-9,16,22,29H,10-15H2,1-2H3. The fraction of sp³-hybridized carbons (Fsp3) is 0.360. The Balaban J connectivity index is 1.69.